The van der Waals surface area contributed by atoms with E-state index in [-0.39, 0.29) is 5.75 Å². The van der Waals surface area contributed by atoms with Crippen LogP contribution in [0.15, 0.2) is 77.3 Å². The Labute approximate surface area is 152 Å². The van der Waals surface area contributed by atoms with Gasteiger partial charge in [0, 0.05) is 4.47 Å². The lowest BCUT2D eigenvalue weighted by Gasteiger charge is -2.11. The summed E-state index contributed by atoms with van der Waals surface area (Å²) in [4.78, 5) is 9.11. The summed E-state index contributed by atoms with van der Waals surface area (Å²) in [5, 5.41) is 10.9. The zero-order valence-corrected chi connectivity index (χ0v) is 14.6. The summed E-state index contributed by atoms with van der Waals surface area (Å²) in [7, 11) is 0. The molecule has 4 aromatic rings. The summed E-state index contributed by atoms with van der Waals surface area (Å²) in [6, 6.07) is 22.2. The van der Waals surface area contributed by atoms with Crippen LogP contribution in [0.5, 0.6) is 17.4 Å². The molecule has 122 valence electrons. The third-order valence-corrected chi connectivity index (χ3v) is 4.27. The molecule has 0 aliphatic rings. The second-order valence-corrected chi connectivity index (χ2v) is 6.36. The standard InChI is InChI=1S/C20H13BrN2O2/c21-13-9-11-14(12-10-13)25-20-15-5-1-3-7-17(15)22-19(23-20)16-6-2-4-8-18(16)24/h1-12,24H. The molecule has 0 aliphatic carbocycles. The molecule has 5 heteroatoms. The van der Waals surface area contributed by atoms with E-state index in [0.717, 1.165) is 15.4 Å². The Morgan fingerprint density at radius 2 is 1.52 bits per heavy atom. The summed E-state index contributed by atoms with van der Waals surface area (Å²) < 4.78 is 6.97. The van der Waals surface area contributed by atoms with E-state index in [1.165, 1.54) is 0 Å². The largest absolute Gasteiger partial charge is 0.507 e. The summed E-state index contributed by atoms with van der Waals surface area (Å²) in [6.45, 7) is 0. The zero-order valence-electron chi connectivity index (χ0n) is 13.1. The van der Waals surface area contributed by atoms with E-state index < -0.39 is 0 Å². The maximum absolute atomic E-state index is 10.1. The van der Waals surface area contributed by atoms with Crippen LogP contribution in [0.25, 0.3) is 22.3 Å². The molecule has 0 saturated heterocycles. The van der Waals surface area contributed by atoms with Crippen molar-refractivity contribution in [2.75, 3.05) is 0 Å². The van der Waals surface area contributed by atoms with Gasteiger partial charge in [-0.1, -0.05) is 40.2 Å². The van der Waals surface area contributed by atoms with Crippen LogP contribution in [0, 0.1) is 0 Å². The summed E-state index contributed by atoms with van der Waals surface area (Å²) >= 11 is 3.41. The Hall–Kier alpha value is -2.92. The number of halogens is 1. The number of hydrogen-bond acceptors (Lipinski definition) is 4. The number of aromatic nitrogens is 2. The number of ether oxygens (including phenoxy) is 1. The highest BCUT2D eigenvalue weighted by molar-refractivity contribution is 9.10. The maximum Gasteiger partial charge on any atom is 0.230 e. The van der Waals surface area contributed by atoms with Crippen molar-refractivity contribution in [3.63, 3.8) is 0 Å². The lowest BCUT2D eigenvalue weighted by atomic mass is 10.1. The molecule has 4 rings (SSSR count). The number of benzene rings is 3. The van der Waals surface area contributed by atoms with Crippen LogP contribution in [0.3, 0.4) is 0 Å². The van der Waals surface area contributed by atoms with Crippen molar-refractivity contribution in [1.29, 1.82) is 0 Å². The van der Waals surface area contributed by atoms with Gasteiger partial charge < -0.3 is 9.84 Å². The molecule has 0 atom stereocenters. The molecule has 1 N–H and O–H groups in total. The molecule has 0 spiro atoms. The third-order valence-electron chi connectivity index (χ3n) is 3.74. The Kier molecular flexibility index (Phi) is 4.07. The van der Waals surface area contributed by atoms with E-state index >= 15 is 0 Å². The number of fused-ring (bicyclic) bond motifs is 1. The molecule has 0 saturated carbocycles. The van der Waals surface area contributed by atoms with E-state index in [1.54, 1.807) is 18.2 Å². The van der Waals surface area contributed by atoms with Crippen LogP contribution in [0.2, 0.25) is 0 Å². The fourth-order valence-corrected chi connectivity index (χ4v) is 2.79. The zero-order chi connectivity index (χ0) is 17.2. The van der Waals surface area contributed by atoms with Crippen LogP contribution >= 0.6 is 15.9 Å². The predicted octanol–water partition coefficient (Wildman–Crippen LogP) is 5.56. The maximum atomic E-state index is 10.1. The topological polar surface area (TPSA) is 55.2 Å². The minimum absolute atomic E-state index is 0.132. The number of aromatic hydroxyl groups is 1. The number of rotatable bonds is 3. The SMILES string of the molecule is Oc1ccccc1-c1nc(Oc2ccc(Br)cc2)c2ccccc2n1. The average molecular weight is 393 g/mol. The molecule has 0 amide bonds. The fraction of sp³-hybridized carbons (Fsp3) is 0. The van der Waals surface area contributed by atoms with Crippen molar-refractivity contribution in [3.05, 3.63) is 77.3 Å². The second kappa shape index (κ2) is 6.53. The first-order valence-electron chi connectivity index (χ1n) is 7.69. The van der Waals surface area contributed by atoms with Crippen molar-refractivity contribution in [2.24, 2.45) is 0 Å². The predicted molar refractivity (Wildman–Crippen MR) is 101 cm³/mol. The van der Waals surface area contributed by atoms with Crippen LogP contribution in [-0.2, 0) is 0 Å². The molecule has 1 aromatic heterocycles. The van der Waals surface area contributed by atoms with Crippen molar-refractivity contribution in [2.45, 2.75) is 0 Å². The summed E-state index contributed by atoms with van der Waals surface area (Å²) in [5.74, 6) is 1.68. The number of nitrogens with zero attached hydrogens (tertiary/aromatic N) is 2. The van der Waals surface area contributed by atoms with Crippen LogP contribution < -0.4 is 4.74 Å². The highest BCUT2D eigenvalue weighted by Crippen LogP contribution is 2.33. The number of para-hydroxylation sites is 2. The first kappa shape index (κ1) is 15.6. The van der Waals surface area contributed by atoms with Gasteiger partial charge in [-0.2, -0.15) is 4.98 Å². The highest BCUT2D eigenvalue weighted by atomic mass is 79.9. The number of phenolic OH excluding ortho intramolecular Hbond substituents is 1. The first-order chi connectivity index (χ1) is 12.2. The monoisotopic (exact) mass is 392 g/mol. The van der Waals surface area contributed by atoms with Crippen LogP contribution in [-0.4, -0.2) is 15.1 Å². The minimum atomic E-state index is 0.132. The normalized spacial score (nSPS) is 10.8. The lowest BCUT2D eigenvalue weighted by molar-refractivity contribution is 0.467. The van der Waals surface area contributed by atoms with Crippen molar-refractivity contribution in [3.8, 4) is 28.8 Å². The summed E-state index contributed by atoms with van der Waals surface area (Å²) in [6.07, 6.45) is 0. The van der Waals surface area contributed by atoms with Crippen molar-refractivity contribution < 1.29 is 9.84 Å². The fourth-order valence-electron chi connectivity index (χ4n) is 2.52. The van der Waals surface area contributed by atoms with Gasteiger partial charge in [-0.05, 0) is 48.5 Å². The van der Waals surface area contributed by atoms with Gasteiger partial charge in [-0.25, -0.2) is 4.98 Å². The number of hydrogen-bond donors (Lipinski definition) is 1. The Balaban J connectivity index is 1.87. The van der Waals surface area contributed by atoms with Gasteiger partial charge >= 0.3 is 0 Å². The van der Waals surface area contributed by atoms with Crippen LogP contribution in [0.4, 0.5) is 0 Å². The van der Waals surface area contributed by atoms with Gasteiger partial charge in [0.05, 0.1) is 16.5 Å². The smallest absolute Gasteiger partial charge is 0.230 e. The second-order valence-electron chi connectivity index (χ2n) is 5.44. The lowest BCUT2D eigenvalue weighted by Crippen LogP contribution is -1.96. The van der Waals surface area contributed by atoms with E-state index in [0.29, 0.717) is 23.0 Å². The van der Waals surface area contributed by atoms with Crippen molar-refractivity contribution >= 4 is 26.8 Å². The van der Waals surface area contributed by atoms with Crippen LogP contribution in [0.1, 0.15) is 0 Å². The molecule has 0 fully saturated rings. The van der Waals surface area contributed by atoms with Gasteiger partial charge in [0.15, 0.2) is 5.82 Å². The molecule has 1 heterocycles. The van der Waals surface area contributed by atoms with E-state index in [2.05, 4.69) is 25.9 Å². The average Bonchev–Trinajstić information content (AvgIpc) is 2.64. The van der Waals surface area contributed by atoms with Crippen molar-refractivity contribution in [1.82, 2.24) is 9.97 Å². The first-order valence-corrected chi connectivity index (χ1v) is 8.48. The van der Waals surface area contributed by atoms with Gasteiger partial charge in [-0.3, -0.25) is 0 Å². The molecular weight excluding hydrogens is 380 g/mol. The van der Waals surface area contributed by atoms with Gasteiger partial charge in [-0.15, -0.1) is 0 Å². The quantitative estimate of drug-likeness (QED) is 0.495. The molecular formula is C20H13BrN2O2. The molecule has 0 radical (unpaired) electrons. The third kappa shape index (κ3) is 3.19. The van der Waals surface area contributed by atoms with E-state index in [1.807, 2.05) is 54.6 Å². The van der Waals surface area contributed by atoms with Gasteiger partial charge in [0.2, 0.25) is 5.88 Å². The number of phenols is 1. The molecule has 3 aromatic carbocycles. The molecule has 4 nitrogen and oxygen atoms in total. The molecule has 0 aliphatic heterocycles. The minimum Gasteiger partial charge on any atom is -0.507 e. The molecule has 0 bridgehead atoms. The highest BCUT2D eigenvalue weighted by Gasteiger charge is 2.13. The Bertz CT molecular complexity index is 1050. The molecule has 25 heavy (non-hydrogen) atoms. The van der Waals surface area contributed by atoms with E-state index in [4.69, 9.17) is 4.74 Å². The summed E-state index contributed by atoms with van der Waals surface area (Å²) in [5.41, 5.74) is 1.32. The van der Waals surface area contributed by atoms with Gasteiger partial charge in [0.1, 0.15) is 11.5 Å². The van der Waals surface area contributed by atoms with E-state index in [9.17, 15) is 5.11 Å². The molecule has 0 unspecified atom stereocenters. The Morgan fingerprint density at radius 3 is 2.32 bits per heavy atom. The van der Waals surface area contributed by atoms with Gasteiger partial charge in [0.25, 0.3) is 0 Å². The Morgan fingerprint density at radius 1 is 0.800 bits per heavy atom.